The molecule has 17 heavy (non-hydrogen) atoms. The van der Waals surface area contributed by atoms with Gasteiger partial charge in [-0.25, -0.2) is 0 Å². The number of primary amides is 1. The lowest BCUT2D eigenvalue weighted by Gasteiger charge is -2.08. The Bertz CT molecular complexity index is 404. The topological polar surface area (TPSA) is 81.4 Å². The van der Waals surface area contributed by atoms with Crippen LogP contribution in [0, 0.1) is 0 Å². The molecule has 3 N–H and O–H groups in total. The summed E-state index contributed by atoms with van der Waals surface area (Å²) in [5.41, 5.74) is 5.60. The molecule has 0 bridgehead atoms. The molecule has 0 saturated carbocycles. The van der Waals surface area contributed by atoms with E-state index in [1.165, 1.54) is 0 Å². The van der Waals surface area contributed by atoms with Crippen LogP contribution in [0.15, 0.2) is 24.3 Å². The van der Waals surface area contributed by atoms with Gasteiger partial charge in [-0.2, -0.15) is 0 Å². The lowest BCUT2D eigenvalue weighted by molar-refractivity contribution is -0.120. The summed E-state index contributed by atoms with van der Waals surface area (Å²) in [7, 11) is 0. The molecule has 0 radical (unpaired) electrons. The highest BCUT2D eigenvalue weighted by Gasteiger charge is 2.08. The summed E-state index contributed by atoms with van der Waals surface area (Å²) < 4.78 is 5.08. The van der Waals surface area contributed by atoms with Gasteiger partial charge in [0, 0.05) is 5.69 Å². The molecule has 1 rings (SSSR count). The lowest BCUT2D eigenvalue weighted by atomic mass is 10.3. The Morgan fingerprint density at radius 2 is 2.00 bits per heavy atom. The van der Waals surface area contributed by atoms with Crippen LogP contribution in [0.1, 0.15) is 6.92 Å². The zero-order valence-corrected chi connectivity index (χ0v) is 10.9. The van der Waals surface area contributed by atoms with E-state index in [0.717, 1.165) is 0 Å². The maximum Gasteiger partial charge on any atom is 0.255 e. The average molecular weight is 301 g/mol. The summed E-state index contributed by atoms with van der Waals surface area (Å²) in [4.78, 5) is 21.6. The summed E-state index contributed by atoms with van der Waals surface area (Å²) in [5.74, 6) is -0.139. The van der Waals surface area contributed by atoms with Crippen molar-refractivity contribution < 1.29 is 14.3 Å². The largest absolute Gasteiger partial charge is 0.484 e. The van der Waals surface area contributed by atoms with Gasteiger partial charge < -0.3 is 15.8 Å². The molecule has 0 aromatic heterocycles. The fourth-order valence-electron chi connectivity index (χ4n) is 1.03. The van der Waals surface area contributed by atoms with Crippen molar-refractivity contribution in [3.8, 4) is 5.75 Å². The summed E-state index contributed by atoms with van der Waals surface area (Å²) >= 11 is 3.16. The van der Waals surface area contributed by atoms with Crippen molar-refractivity contribution in [1.82, 2.24) is 0 Å². The third kappa shape index (κ3) is 4.86. The zero-order chi connectivity index (χ0) is 12.8. The zero-order valence-electron chi connectivity index (χ0n) is 9.27. The Morgan fingerprint density at radius 3 is 2.47 bits per heavy atom. The SMILES string of the molecule is CC(Br)C(=O)Nc1ccc(OCC(N)=O)cc1. The van der Waals surface area contributed by atoms with Crippen molar-refractivity contribution in [2.24, 2.45) is 5.73 Å². The minimum absolute atomic E-state index is 0.129. The van der Waals surface area contributed by atoms with E-state index in [1.807, 2.05) is 0 Å². The number of carbonyl (C=O) groups is 2. The Morgan fingerprint density at radius 1 is 1.41 bits per heavy atom. The van der Waals surface area contributed by atoms with Gasteiger partial charge in [0.15, 0.2) is 6.61 Å². The first kappa shape index (κ1) is 13.5. The summed E-state index contributed by atoms with van der Waals surface area (Å²) in [6.07, 6.45) is 0. The highest BCUT2D eigenvalue weighted by molar-refractivity contribution is 9.10. The standard InChI is InChI=1S/C11H13BrN2O3/c1-7(12)11(16)14-8-2-4-9(5-3-8)17-6-10(13)15/h2-5,7H,6H2,1H3,(H2,13,15)(H,14,16). The van der Waals surface area contributed by atoms with Crippen molar-refractivity contribution in [3.63, 3.8) is 0 Å². The van der Waals surface area contributed by atoms with Gasteiger partial charge in [-0.1, -0.05) is 15.9 Å². The van der Waals surface area contributed by atoms with Gasteiger partial charge in [0.2, 0.25) is 5.91 Å². The van der Waals surface area contributed by atoms with Gasteiger partial charge in [0.1, 0.15) is 5.75 Å². The van der Waals surface area contributed by atoms with Gasteiger partial charge in [0.05, 0.1) is 4.83 Å². The highest BCUT2D eigenvalue weighted by Crippen LogP contribution is 2.16. The van der Waals surface area contributed by atoms with E-state index in [4.69, 9.17) is 10.5 Å². The van der Waals surface area contributed by atoms with Crippen molar-refractivity contribution in [2.75, 3.05) is 11.9 Å². The third-order valence-corrected chi connectivity index (χ3v) is 2.28. The number of hydrogen-bond acceptors (Lipinski definition) is 3. The maximum absolute atomic E-state index is 11.4. The van der Waals surface area contributed by atoms with Crippen LogP contribution >= 0.6 is 15.9 Å². The Labute approximate surface area is 107 Å². The number of amides is 2. The first-order valence-electron chi connectivity index (χ1n) is 4.95. The average Bonchev–Trinajstić information content (AvgIpc) is 2.28. The number of carbonyl (C=O) groups excluding carboxylic acids is 2. The van der Waals surface area contributed by atoms with E-state index >= 15 is 0 Å². The molecule has 0 saturated heterocycles. The fraction of sp³-hybridized carbons (Fsp3) is 0.273. The Kier molecular flexibility index (Phi) is 4.96. The second-order valence-electron chi connectivity index (χ2n) is 3.38. The van der Waals surface area contributed by atoms with Crippen LogP contribution in [0.4, 0.5) is 5.69 Å². The number of alkyl halides is 1. The number of nitrogens with two attached hydrogens (primary N) is 1. The quantitative estimate of drug-likeness (QED) is 0.804. The van der Waals surface area contributed by atoms with E-state index < -0.39 is 5.91 Å². The molecule has 0 aliphatic heterocycles. The molecule has 1 atom stereocenters. The third-order valence-electron chi connectivity index (χ3n) is 1.86. The van der Waals surface area contributed by atoms with Crippen LogP contribution in [0.2, 0.25) is 0 Å². The van der Waals surface area contributed by atoms with Crippen molar-refractivity contribution >= 4 is 33.4 Å². The Hall–Kier alpha value is -1.56. The molecule has 1 unspecified atom stereocenters. The monoisotopic (exact) mass is 300 g/mol. The van der Waals surface area contributed by atoms with Crippen LogP contribution in [0.5, 0.6) is 5.75 Å². The van der Waals surface area contributed by atoms with Crippen LogP contribution in [0.25, 0.3) is 0 Å². The lowest BCUT2D eigenvalue weighted by Crippen LogP contribution is -2.20. The van der Waals surface area contributed by atoms with Crippen molar-refractivity contribution in [1.29, 1.82) is 0 Å². The number of ether oxygens (including phenoxy) is 1. The molecule has 6 heteroatoms. The van der Waals surface area contributed by atoms with E-state index in [-0.39, 0.29) is 17.3 Å². The van der Waals surface area contributed by atoms with E-state index in [1.54, 1.807) is 31.2 Å². The summed E-state index contributed by atoms with van der Waals surface area (Å²) in [5, 5.41) is 2.70. The molecule has 92 valence electrons. The molecule has 0 aliphatic rings. The van der Waals surface area contributed by atoms with Gasteiger partial charge in [-0.05, 0) is 31.2 Å². The number of nitrogens with one attached hydrogen (secondary N) is 1. The van der Waals surface area contributed by atoms with Crippen molar-refractivity contribution in [3.05, 3.63) is 24.3 Å². The fourth-order valence-corrected chi connectivity index (χ4v) is 1.15. The first-order chi connectivity index (χ1) is 7.99. The molecule has 0 aliphatic carbocycles. The number of benzene rings is 1. The molecule has 2 amide bonds. The number of hydrogen-bond donors (Lipinski definition) is 2. The molecule has 5 nitrogen and oxygen atoms in total. The van der Waals surface area contributed by atoms with Crippen LogP contribution < -0.4 is 15.8 Å². The number of anilines is 1. The van der Waals surface area contributed by atoms with Crippen LogP contribution in [-0.2, 0) is 9.59 Å². The molecule has 1 aromatic carbocycles. The first-order valence-corrected chi connectivity index (χ1v) is 5.86. The second-order valence-corrected chi connectivity index (χ2v) is 4.76. The second kappa shape index (κ2) is 6.24. The summed E-state index contributed by atoms with van der Waals surface area (Å²) in [6, 6.07) is 6.67. The number of rotatable bonds is 5. The smallest absolute Gasteiger partial charge is 0.255 e. The van der Waals surface area contributed by atoms with E-state index in [2.05, 4.69) is 21.2 Å². The molecule has 1 aromatic rings. The predicted octanol–water partition coefficient (Wildman–Crippen LogP) is 1.27. The maximum atomic E-state index is 11.4. The molecule has 0 heterocycles. The number of halogens is 1. The van der Waals surface area contributed by atoms with Gasteiger partial charge in [-0.3, -0.25) is 9.59 Å². The molecule has 0 fully saturated rings. The van der Waals surface area contributed by atoms with Crippen molar-refractivity contribution in [2.45, 2.75) is 11.8 Å². The molecular formula is C11H13BrN2O3. The minimum atomic E-state index is -0.532. The molecular weight excluding hydrogens is 288 g/mol. The van der Waals surface area contributed by atoms with Gasteiger partial charge in [-0.15, -0.1) is 0 Å². The normalized spacial score (nSPS) is 11.6. The Balaban J connectivity index is 2.56. The van der Waals surface area contributed by atoms with Gasteiger partial charge in [0.25, 0.3) is 5.91 Å². The molecule has 0 spiro atoms. The van der Waals surface area contributed by atoms with Crippen LogP contribution in [-0.4, -0.2) is 23.2 Å². The minimum Gasteiger partial charge on any atom is -0.484 e. The van der Waals surface area contributed by atoms with Gasteiger partial charge >= 0.3 is 0 Å². The van der Waals surface area contributed by atoms with E-state index in [0.29, 0.717) is 11.4 Å². The summed E-state index contributed by atoms with van der Waals surface area (Å²) in [6.45, 7) is 1.57. The van der Waals surface area contributed by atoms with E-state index in [9.17, 15) is 9.59 Å². The highest BCUT2D eigenvalue weighted by atomic mass is 79.9. The van der Waals surface area contributed by atoms with Crippen LogP contribution in [0.3, 0.4) is 0 Å². The predicted molar refractivity (Wildman–Crippen MR) is 68.2 cm³/mol.